The molecular formula is C13H15N3O3. The van der Waals surface area contributed by atoms with Crippen LogP contribution in [0.2, 0.25) is 0 Å². The van der Waals surface area contributed by atoms with Gasteiger partial charge >= 0.3 is 5.97 Å². The van der Waals surface area contributed by atoms with Crippen molar-refractivity contribution in [3.05, 3.63) is 47.6 Å². The molecule has 0 unspecified atom stereocenters. The summed E-state index contributed by atoms with van der Waals surface area (Å²) in [7, 11) is 1.38. The van der Waals surface area contributed by atoms with Crippen LogP contribution in [0.4, 0.5) is 0 Å². The van der Waals surface area contributed by atoms with E-state index in [0.29, 0.717) is 31.0 Å². The second kappa shape index (κ2) is 6.65. The second-order valence-electron chi connectivity index (χ2n) is 3.91. The molecule has 0 atom stereocenters. The van der Waals surface area contributed by atoms with Gasteiger partial charge in [0, 0.05) is 19.5 Å². The Morgan fingerprint density at radius 2 is 2.26 bits per heavy atom. The Morgan fingerprint density at radius 3 is 3.00 bits per heavy atom. The topological polar surface area (TPSA) is 77.2 Å². The third-order valence-electron chi connectivity index (χ3n) is 2.66. The van der Waals surface area contributed by atoms with Crippen LogP contribution in [-0.4, -0.2) is 29.8 Å². The predicted molar refractivity (Wildman–Crippen MR) is 67.5 cm³/mol. The molecule has 2 aromatic rings. The number of hydrogen-bond donors (Lipinski definition) is 1. The lowest BCUT2D eigenvalue weighted by Crippen LogP contribution is -2.19. The van der Waals surface area contributed by atoms with Gasteiger partial charge in [0.2, 0.25) is 5.89 Å². The first-order chi connectivity index (χ1) is 9.31. The van der Waals surface area contributed by atoms with Crippen molar-refractivity contribution in [1.29, 1.82) is 0 Å². The van der Waals surface area contributed by atoms with E-state index in [1.807, 2.05) is 18.2 Å². The number of nitrogens with one attached hydrogen (secondary N) is 1. The standard InChI is InChI=1S/C13H15N3O3/c1-18-13(17)11-5-3-2-4-10(11)8-14-7-6-12-15-9-16-19-12/h2-5,9,14H,6-8H2,1H3. The number of aromatic nitrogens is 2. The molecule has 0 bridgehead atoms. The van der Waals surface area contributed by atoms with Crippen LogP contribution in [0.25, 0.3) is 0 Å². The number of carbonyl (C=O) groups is 1. The Hall–Kier alpha value is -2.21. The number of carbonyl (C=O) groups excluding carboxylic acids is 1. The first-order valence-corrected chi connectivity index (χ1v) is 5.93. The lowest BCUT2D eigenvalue weighted by molar-refractivity contribution is 0.0599. The molecule has 0 saturated carbocycles. The first kappa shape index (κ1) is 13.2. The summed E-state index contributed by atoms with van der Waals surface area (Å²) in [5.41, 5.74) is 1.48. The molecule has 1 N–H and O–H groups in total. The summed E-state index contributed by atoms with van der Waals surface area (Å²) in [6.07, 6.45) is 2.03. The lowest BCUT2D eigenvalue weighted by Gasteiger charge is -2.08. The Balaban J connectivity index is 1.87. The highest BCUT2D eigenvalue weighted by molar-refractivity contribution is 5.90. The van der Waals surface area contributed by atoms with Crippen molar-refractivity contribution in [3.8, 4) is 0 Å². The van der Waals surface area contributed by atoms with Crippen molar-refractivity contribution in [2.75, 3.05) is 13.7 Å². The zero-order chi connectivity index (χ0) is 13.5. The Bertz CT molecular complexity index is 526. The maximum atomic E-state index is 11.6. The van der Waals surface area contributed by atoms with Gasteiger partial charge in [-0.25, -0.2) is 4.79 Å². The monoisotopic (exact) mass is 261 g/mol. The summed E-state index contributed by atoms with van der Waals surface area (Å²) in [5.74, 6) is 0.267. The Kier molecular flexibility index (Phi) is 4.63. The average molecular weight is 261 g/mol. The minimum Gasteiger partial charge on any atom is -0.465 e. The number of hydrogen-bond acceptors (Lipinski definition) is 6. The van der Waals surface area contributed by atoms with Crippen LogP contribution in [0.15, 0.2) is 35.1 Å². The fourth-order valence-corrected chi connectivity index (χ4v) is 1.71. The van der Waals surface area contributed by atoms with Gasteiger partial charge < -0.3 is 14.6 Å². The summed E-state index contributed by atoms with van der Waals surface area (Å²) >= 11 is 0. The number of esters is 1. The van der Waals surface area contributed by atoms with Gasteiger partial charge in [-0.3, -0.25) is 0 Å². The van der Waals surface area contributed by atoms with Crippen molar-refractivity contribution >= 4 is 5.97 Å². The zero-order valence-corrected chi connectivity index (χ0v) is 10.6. The molecule has 0 saturated heterocycles. The number of ether oxygens (including phenoxy) is 1. The van der Waals surface area contributed by atoms with E-state index >= 15 is 0 Å². The van der Waals surface area contributed by atoms with Gasteiger partial charge in [-0.1, -0.05) is 23.4 Å². The molecule has 0 aliphatic heterocycles. The molecule has 1 aromatic carbocycles. The minimum atomic E-state index is -0.325. The van der Waals surface area contributed by atoms with Crippen LogP contribution in [0.1, 0.15) is 21.8 Å². The van der Waals surface area contributed by atoms with Gasteiger partial charge in [-0.15, -0.1) is 0 Å². The number of benzene rings is 1. The minimum absolute atomic E-state index is 0.325. The molecule has 19 heavy (non-hydrogen) atoms. The predicted octanol–water partition coefficient (Wildman–Crippen LogP) is 1.19. The fourth-order valence-electron chi connectivity index (χ4n) is 1.71. The van der Waals surface area contributed by atoms with Crippen molar-refractivity contribution in [2.24, 2.45) is 0 Å². The summed E-state index contributed by atoms with van der Waals surface area (Å²) in [6.45, 7) is 1.27. The summed E-state index contributed by atoms with van der Waals surface area (Å²) in [4.78, 5) is 15.5. The summed E-state index contributed by atoms with van der Waals surface area (Å²) in [5, 5.41) is 6.76. The molecule has 0 amide bonds. The molecule has 0 spiro atoms. The van der Waals surface area contributed by atoms with Gasteiger partial charge in [0.05, 0.1) is 12.7 Å². The molecule has 1 heterocycles. The van der Waals surface area contributed by atoms with E-state index in [4.69, 9.17) is 9.26 Å². The highest BCUT2D eigenvalue weighted by Gasteiger charge is 2.10. The van der Waals surface area contributed by atoms with Crippen LogP contribution in [-0.2, 0) is 17.7 Å². The van der Waals surface area contributed by atoms with Gasteiger partial charge in [0.15, 0.2) is 6.33 Å². The van der Waals surface area contributed by atoms with Crippen LogP contribution in [0, 0.1) is 0 Å². The van der Waals surface area contributed by atoms with E-state index in [2.05, 4.69) is 15.5 Å². The molecule has 2 rings (SSSR count). The van der Waals surface area contributed by atoms with Gasteiger partial charge in [0.25, 0.3) is 0 Å². The second-order valence-corrected chi connectivity index (χ2v) is 3.91. The third kappa shape index (κ3) is 3.62. The van der Waals surface area contributed by atoms with Crippen molar-refractivity contribution < 1.29 is 14.1 Å². The van der Waals surface area contributed by atoms with Crippen LogP contribution in [0.3, 0.4) is 0 Å². The molecule has 6 heteroatoms. The maximum Gasteiger partial charge on any atom is 0.338 e. The summed E-state index contributed by atoms with van der Waals surface area (Å²) < 4.78 is 9.63. The van der Waals surface area contributed by atoms with E-state index in [1.165, 1.54) is 13.4 Å². The average Bonchev–Trinajstić information content (AvgIpc) is 2.96. The number of nitrogens with zero attached hydrogens (tertiary/aromatic N) is 2. The fraction of sp³-hybridized carbons (Fsp3) is 0.308. The maximum absolute atomic E-state index is 11.6. The smallest absolute Gasteiger partial charge is 0.338 e. The molecule has 1 aromatic heterocycles. The van der Waals surface area contributed by atoms with Gasteiger partial charge in [-0.05, 0) is 11.6 Å². The van der Waals surface area contributed by atoms with Crippen LogP contribution >= 0.6 is 0 Å². The highest BCUT2D eigenvalue weighted by atomic mass is 16.5. The van der Waals surface area contributed by atoms with Crippen molar-refractivity contribution in [2.45, 2.75) is 13.0 Å². The van der Waals surface area contributed by atoms with Gasteiger partial charge in [-0.2, -0.15) is 4.98 Å². The van der Waals surface area contributed by atoms with Crippen LogP contribution in [0.5, 0.6) is 0 Å². The quantitative estimate of drug-likeness (QED) is 0.621. The normalized spacial score (nSPS) is 10.4. The van der Waals surface area contributed by atoms with Crippen molar-refractivity contribution in [3.63, 3.8) is 0 Å². The molecule has 6 nitrogen and oxygen atoms in total. The van der Waals surface area contributed by atoms with Crippen LogP contribution < -0.4 is 5.32 Å². The Labute approximate surface area is 110 Å². The largest absolute Gasteiger partial charge is 0.465 e. The SMILES string of the molecule is COC(=O)c1ccccc1CNCCc1ncno1. The molecule has 0 aliphatic carbocycles. The molecular weight excluding hydrogens is 246 g/mol. The van der Waals surface area contributed by atoms with Crippen molar-refractivity contribution in [1.82, 2.24) is 15.5 Å². The summed E-state index contributed by atoms with van der Waals surface area (Å²) in [6, 6.07) is 7.35. The molecule has 0 fully saturated rings. The number of rotatable bonds is 6. The Morgan fingerprint density at radius 1 is 1.42 bits per heavy atom. The van der Waals surface area contributed by atoms with E-state index in [0.717, 1.165) is 5.56 Å². The zero-order valence-electron chi connectivity index (χ0n) is 10.6. The van der Waals surface area contributed by atoms with E-state index < -0.39 is 0 Å². The van der Waals surface area contributed by atoms with E-state index in [-0.39, 0.29) is 5.97 Å². The highest BCUT2D eigenvalue weighted by Crippen LogP contribution is 2.09. The van der Waals surface area contributed by atoms with E-state index in [1.54, 1.807) is 6.07 Å². The lowest BCUT2D eigenvalue weighted by atomic mass is 10.1. The third-order valence-corrected chi connectivity index (χ3v) is 2.66. The molecule has 0 radical (unpaired) electrons. The first-order valence-electron chi connectivity index (χ1n) is 5.93. The van der Waals surface area contributed by atoms with E-state index in [9.17, 15) is 4.79 Å². The van der Waals surface area contributed by atoms with Gasteiger partial charge in [0.1, 0.15) is 0 Å². The molecule has 0 aliphatic rings. The molecule has 100 valence electrons. The number of methoxy groups -OCH3 is 1.